The molecule has 0 spiro atoms. The van der Waals surface area contributed by atoms with E-state index < -0.39 is 6.67 Å². The maximum Gasteiger partial charge on any atom is 0.123 e. The van der Waals surface area contributed by atoms with Crippen LogP contribution < -0.4 is 4.74 Å². The van der Waals surface area contributed by atoms with Gasteiger partial charge in [-0.2, -0.15) is 0 Å². The number of benzene rings is 1. The van der Waals surface area contributed by atoms with E-state index in [0.717, 1.165) is 5.75 Å². The Balaban J connectivity index is 0.000000671. The average Bonchev–Trinajstić information content (AvgIpc) is 2.20. The topological polar surface area (TPSA) is 9.23 Å². The summed E-state index contributed by atoms with van der Waals surface area (Å²) in [5, 5.41) is 0. The van der Waals surface area contributed by atoms with Crippen LogP contribution in [-0.4, -0.2) is 13.3 Å². The number of halogens is 1. The number of alkyl halides is 1. The van der Waals surface area contributed by atoms with E-state index in [2.05, 4.69) is 0 Å². The van der Waals surface area contributed by atoms with Gasteiger partial charge in [0.05, 0.1) is 0 Å². The van der Waals surface area contributed by atoms with Crippen LogP contribution in [0.1, 0.15) is 19.4 Å². The standard InChI is InChI=1S/C9H11FO.C2H6/c1-8-2-4-9(5-3-8)11-7-6-10;1-2/h2-5H,6-7H2,1H3;1-2H3. The molecule has 0 aromatic heterocycles. The van der Waals surface area contributed by atoms with Crippen LogP contribution in [0.4, 0.5) is 4.39 Å². The summed E-state index contributed by atoms with van der Waals surface area (Å²) in [5.74, 6) is 0.730. The third-order valence-corrected chi connectivity index (χ3v) is 1.37. The maximum absolute atomic E-state index is 11.6. The van der Waals surface area contributed by atoms with Crippen molar-refractivity contribution in [3.63, 3.8) is 0 Å². The smallest absolute Gasteiger partial charge is 0.123 e. The van der Waals surface area contributed by atoms with Crippen LogP contribution in [0.15, 0.2) is 24.3 Å². The first kappa shape index (κ1) is 11.9. The first-order chi connectivity index (χ1) is 6.33. The van der Waals surface area contributed by atoms with Crippen molar-refractivity contribution in [1.82, 2.24) is 0 Å². The quantitative estimate of drug-likeness (QED) is 0.699. The van der Waals surface area contributed by atoms with Gasteiger partial charge < -0.3 is 4.74 Å². The first-order valence-electron chi connectivity index (χ1n) is 4.58. The normalized spacial score (nSPS) is 8.62. The van der Waals surface area contributed by atoms with E-state index in [-0.39, 0.29) is 6.61 Å². The van der Waals surface area contributed by atoms with Gasteiger partial charge in [0.15, 0.2) is 0 Å². The van der Waals surface area contributed by atoms with Crippen LogP contribution >= 0.6 is 0 Å². The second kappa shape index (κ2) is 7.59. The Bertz CT molecular complexity index is 206. The molecule has 0 saturated heterocycles. The van der Waals surface area contributed by atoms with Gasteiger partial charge in [-0.15, -0.1) is 0 Å². The largest absolute Gasteiger partial charge is 0.491 e. The molecule has 1 aromatic rings. The van der Waals surface area contributed by atoms with Crippen molar-refractivity contribution in [3.8, 4) is 5.75 Å². The zero-order valence-electron chi connectivity index (χ0n) is 8.51. The molecule has 13 heavy (non-hydrogen) atoms. The van der Waals surface area contributed by atoms with Crippen molar-refractivity contribution in [3.05, 3.63) is 29.8 Å². The van der Waals surface area contributed by atoms with E-state index >= 15 is 0 Å². The van der Waals surface area contributed by atoms with Gasteiger partial charge in [-0.25, -0.2) is 4.39 Å². The molecule has 0 aliphatic rings. The lowest BCUT2D eigenvalue weighted by molar-refractivity contribution is 0.273. The molecule has 1 aromatic carbocycles. The van der Waals surface area contributed by atoms with Crippen LogP contribution in [0.5, 0.6) is 5.75 Å². The number of rotatable bonds is 3. The van der Waals surface area contributed by atoms with E-state index in [1.807, 2.05) is 45.0 Å². The highest BCUT2D eigenvalue weighted by molar-refractivity contribution is 5.26. The third-order valence-electron chi connectivity index (χ3n) is 1.37. The van der Waals surface area contributed by atoms with Crippen LogP contribution in [0.3, 0.4) is 0 Å². The van der Waals surface area contributed by atoms with E-state index in [1.165, 1.54) is 5.56 Å². The van der Waals surface area contributed by atoms with Crippen LogP contribution in [0.25, 0.3) is 0 Å². The van der Waals surface area contributed by atoms with Crippen molar-refractivity contribution in [1.29, 1.82) is 0 Å². The van der Waals surface area contributed by atoms with Gasteiger partial charge in [0.25, 0.3) is 0 Å². The summed E-state index contributed by atoms with van der Waals surface area (Å²) in [5.41, 5.74) is 1.18. The van der Waals surface area contributed by atoms with E-state index in [0.29, 0.717) is 0 Å². The number of aryl methyl sites for hydroxylation is 1. The molecular formula is C11H17FO. The fourth-order valence-electron chi connectivity index (χ4n) is 0.791. The van der Waals surface area contributed by atoms with Crippen molar-refractivity contribution in [2.75, 3.05) is 13.3 Å². The second-order valence-electron chi connectivity index (χ2n) is 2.35. The summed E-state index contributed by atoms with van der Waals surface area (Å²) in [6, 6.07) is 7.55. The molecule has 0 N–H and O–H groups in total. The molecule has 74 valence electrons. The molecule has 0 unspecified atom stereocenters. The van der Waals surface area contributed by atoms with Gasteiger partial charge in [0, 0.05) is 0 Å². The first-order valence-corrected chi connectivity index (χ1v) is 4.58. The highest BCUT2D eigenvalue weighted by atomic mass is 19.1. The molecule has 0 bridgehead atoms. The van der Waals surface area contributed by atoms with Crippen LogP contribution in [-0.2, 0) is 0 Å². The molecule has 0 amide bonds. The Morgan fingerprint density at radius 1 is 1.15 bits per heavy atom. The molecule has 0 atom stereocenters. The molecule has 0 radical (unpaired) electrons. The van der Waals surface area contributed by atoms with Crippen LogP contribution in [0, 0.1) is 6.92 Å². The SMILES string of the molecule is CC.Cc1ccc(OCCF)cc1. The van der Waals surface area contributed by atoms with E-state index in [4.69, 9.17) is 4.74 Å². The summed E-state index contributed by atoms with van der Waals surface area (Å²) >= 11 is 0. The van der Waals surface area contributed by atoms with Crippen LogP contribution in [0.2, 0.25) is 0 Å². The minimum atomic E-state index is -0.437. The average molecular weight is 184 g/mol. The monoisotopic (exact) mass is 184 g/mol. The molecule has 0 heterocycles. The molecule has 0 aliphatic carbocycles. The van der Waals surface area contributed by atoms with Crippen molar-refractivity contribution in [2.24, 2.45) is 0 Å². The van der Waals surface area contributed by atoms with Crippen molar-refractivity contribution in [2.45, 2.75) is 20.8 Å². The Hall–Kier alpha value is -1.05. The zero-order chi connectivity index (χ0) is 10.1. The highest BCUT2D eigenvalue weighted by Crippen LogP contribution is 2.10. The Morgan fingerprint density at radius 2 is 1.69 bits per heavy atom. The lowest BCUT2D eigenvalue weighted by Gasteiger charge is -2.02. The Labute approximate surface area is 79.5 Å². The van der Waals surface area contributed by atoms with Gasteiger partial charge in [-0.1, -0.05) is 31.5 Å². The molecule has 2 heteroatoms. The second-order valence-corrected chi connectivity index (χ2v) is 2.35. The zero-order valence-corrected chi connectivity index (χ0v) is 8.51. The summed E-state index contributed by atoms with van der Waals surface area (Å²) in [7, 11) is 0. The molecule has 0 saturated carbocycles. The third kappa shape index (κ3) is 5.23. The lowest BCUT2D eigenvalue weighted by Crippen LogP contribution is -1.97. The minimum Gasteiger partial charge on any atom is -0.491 e. The predicted molar refractivity (Wildman–Crippen MR) is 54.0 cm³/mol. The minimum absolute atomic E-state index is 0.142. The molecule has 1 rings (SSSR count). The van der Waals surface area contributed by atoms with Gasteiger partial charge in [0.1, 0.15) is 19.0 Å². The number of hydrogen-bond donors (Lipinski definition) is 0. The summed E-state index contributed by atoms with van der Waals surface area (Å²) in [4.78, 5) is 0. The number of ether oxygens (including phenoxy) is 1. The summed E-state index contributed by atoms with van der Waals surface area (Å²) in [6.07, 6.45) is 0. The maximum atomic E-state index is 11.6. The van der Waals surface area contributed by atoms with Gasteiger partial charge >= 0.3 is 0 Å². The van der Waals surface area contributed by atoms with Gasteiger partial charge in [-0.3, -0.25) is 0 Å². The Kier molecular flexibility index (Phi) is 6.98. The molecule has 0 fully saturated rings. The fraction of sp³-hybridized carbons (Fsp3) is 0.455. The highest BCUT2D eigenvalue weighted by Gasteiger charge is 1.90. The van der Waals surface area contributed by atoms with Crippen molar-refractivity contribution < 1.29 is 9.13 Å². The molecular weight excluding hydrogens is 167 g/mol. The summed E-state index contributed by atoms with van der Waals surface area (Å²) < 4.78 is 16.7. The fourth-order valence-corrected chi connectivity index (χ4v) is 0.791. The predicted octanol–water partition coefficient (Wildman–Crippen LogP) is 3.37. The van der Waals surface area contributed by atoms with Gasteiger partial charge in [0.2, 0.25) is 0 Å². The Morgan fingerprint density at radius 3 is 2.15 bits per heavy atom. The summed E-state index contributed by atoms with van der Waals surface area (Å²) in [6.45, 7) is 5.70. The molecule has 1 nitrogen and oxygen atoms in total. The van der Waals surface area contributed by atoms with E-state index in [1.54, 1.807) is 0 Å². The van der Waals surface area contributed by atoms with Crippen molar-refractivity contribution >= 4 is 0 Å². The lowest BCUT2D eigenvalue weighted by atomic mass is 10.2. The van der Waals surface area contributed by atoms with E-state index in [9.17, 15) is 4.39 Å². The number of hydrogen-bond acceptors (Lipinski definition) is 1. The molecule has 0 aliphatic heterocycles. The van der Waals surface area contributed by atoms with Gasteiger partial charge in [-0.05, 0) is 19.1 Å².